The van der Waals surface area contributed by atoms with Gasteiger partial charge in [0.25, 0.3) is 11.8 Å². The lowest BCUT2D eigenvalue weighted by Crippen LogP contribution is -2.42. The molecule has 2 aromatic heterocycles. The van der Waals surface area contributed by atoms with Crippen molar-refractivity contribution in [3.8, 4) is 0 Å². The van der Waals surface area contributed by atoms with Crippen LogP contribution in [0.1, 0.15) is 42.9 Å². The molecule has 0 aliphatic carbocycles. The Morgan fingerprint density at radius 3 is 2.61 bits per heavy atom. The molecule has 5 rings (SSSR count). The number of aryl methyl sites for hydroxylation is 1. The highest BCUT2D eigenvalue weighted by atomic mass is 32.1. The molecule has 2 aromatic carbocycles. The molecule has 7 heteroatoms. The number of fused-ring (bicyclic) bond motifs is 1. The second kappa shape index (κ2) is 8.67. The average molecular weight is 460 g/mol. The summed E-state index contributed by atoms with van der Waals surface area (Å²) in [6.45, 7) is 3.18. The normalized spacial score (nSPS) is 15.2. The number of thiophene rings is 1. The van der Waals surface area contributed by atoms with E-state index in [0.29, 0.717) is 16.4 Å². The smallest absolute Gasteiger partial charge is 0.265 e. The molecule has 1 aliphatic heterocycles. The lowest BCUT2D eigenvalue weighted by molar-refractivity contribution is 0.0668. The number of benzene rings is 2. The largest absolute Gasteiger partial charge is 0.348 e. The SMILES string of the molecule is Cc1cc(NC(=O)c2cccc(F)c2)sc1C(=O)N1CCn2cccc2C1c1ccccc1. The summed E-state index contributed by atoms with van der Waals surface area (Å²) in [5.41, 5.74) is 3.16. The van der Waals surface area contributed by atoms with Crippen molar-refractivity contribution in [1.29, 1.82) is 0 Å². The van der Waals surface area contributed by atoms with Crippen molar-refractivity contribution in [2.75, 3.05) is 11.9 Å². The highest BCUT2D eigenvalue weighted by molar-refractivity contribution is 7.18. The monoisotopic (exact) mass is 459 g/mol. The Morgan fingerprint density at radius 2 is 1.82 bits per heavy atom. The highest BCUT2D eigenvalue weighted by Crippen LogP contribution is 2.36. The number of carbonyl (C=O) groups is 2. The second-order valence-electron chi connectivity index (χ2n) is 8.03. The molecule has 0 radical (unpaired) electrons. The number of amides is 2. The number of aromatic nitrogens is 1. The van der Waals surface area contributed by atoms with Crippen molar-refractivity contribution in [2.45, 2.75) is 19.5 Å². The Hall–Kier alpha value is -3.71. The minimum atomic E-state index is -0.470. The fraction of sp³-hybridized carbons (Fsp3) is 0.154. The van der Waals surface area contributed by atoms with E-state index in [1.165, 1.54) is 29.5 Å². The molecule has 1 N–H and O–H groups in total. The predicted octanol–water partition coefficient (Wildman–Crippen LogP) is 5.49. The zero-order valence-electron chi connectivity index (χ0n) is 18.0. The van der Waals surface area contributed by atoms with E-state index in [1.54, 1.807) is 12.1 Å². The van der Waals surface area contributed by atoms with E-state index in [4.69, 9.17) is 0 Å². The summed E-state index contributed by atoms with van der Waals surface area (Å²) < 4.78 is 15.7. The number of anilines is 1. The molecule has 3 heterocycles. The van der Waals surface area contributed by atoms with Gasteiger partial charge in [0.2, 0.25) is 0 Å². The molecule has 1 unspecified atom stereocenters. The topological polar surface area (TPSA) is 54.3 Å². The predicted molar refractivity (Wildman–Crippen MR) is 127 cm³/mol. The van der Waals surface area contributed by atoms with E-state index < -0.39 is 11.7 Å². The van der Waals surface area contributed by atoms with Crippen LogP contribution < -0.4 is 5.32 Å². The first-order valence-corrected chi connectivity index (χ1v) is 11.5. The minimum absolute atomic E-state index is 0.0648. The Bertz CT molecular complexity index is 1330. The van der Waals surface area contributed by atoms with Gasteiger partial charge >= 0.3 is 0 Å². The Balaban J connectivity index is 1.43. The van der Waals surface area contributed by atoms with Crippen LogP contribution in [0.15, 0.2) is 79.0 Å². The molecule has 0 spiro atoms. The molecule has 1 aliphatic rings. The molecule has 166 valence electrons. The third-order valence-corrected chi connectivity index (χ3v) is 6.99. The van der Waals surface area contributed by atoms with Crippen LogP contribution in [0.4, 0.5) is 9.39 Å². The number of nitrogens with zero attached hydrogens (tertiary/aromatic N) is 2. The van der Waals surface area contributed by atoms with Crippen molar-refractivity contribution in [3.63, 3.8) is 0 Å². The van der Waals surface area contributed by atoms with Gasteiger partial charge in [0.1, 0.15) is 5.82 Å². The molecule has 1 atom stereocenters. The summed E-state index contributed by atoms with van der Waals surface area (Å²) in [5.74, 6) is -0.944. The number of carbonyl (C=O) groups excluding carboxylic acids is 2. The van der Waals surface area contributed by atoms with Crippen LogP contribution in [0.2, 0.25) is 0 Å². The lowest BCUT2D eigenvalue weighted by Gasteiger charge is -2.37. The molecule has 0 bridgehead atoms. The van der Waals surface area contributed by atoms with Gasteiger partial charge in [0.15, 0.2) is 0 Å². The summed E-state index contributed by atoms with van der Waals surface area (Å²) >= 11 is 1.25. The van der Waals surface area contributed by atoms with Crippen LogP contribution in [-0.4, -0.2) is 27.8 Å². The van der Waals surface area contributed by atoms with Gasteiger partial charge in [0.05, 0.1) is 15.9 Å². The molecule has 4 aromatic rings. The van der Waals surface area contributed by atoms with E-state index in [0.717, 1.165) is 23.4 Å². The van der Waals surface area contributed by atoms with Gasteiger partial charge in [-0.15, -0.1) is 11.3 Å². The molecule has 0 saturated carbocycles. The summed E-state index contributed by atoms with van der Waals surface area (Å²) in [7, 11) is 0. The third kappa shape index (κ3) is 4.07. The molecule has 33 heavy (non-hydrogen) atoms. The van der Waals surface area contributed by atoms with Gasteiger partial charge in [-0.05, 0) is 54.4 Å². The fourth-order valence-corrected chi connectivity index (χ4v) is 5.31. The Morgan fingerprint density at radius 1 is 1.00 bits per heavy atom. The third-order valence-electron chi connectivity index (χ3n) is 5.85. The van der Waals surface area contributed by atoms with E-state index in [-0.39, 0.29) is 17.5 Å². The zero-order valence-corrected chi connectivity index (χ0v) is 18.8. The van der Waals surface area contributed by atoms with E-state index >= 15 is 0 Å². The van der Waals surface area contributed by atoms with Crippen molar-refractivity contribution in [2.24, 2.45) is 0 Å². The van der Waals surface area contributed by atoms with Crippen LogP contribution >= 0.6 is 11.3 Å². The Labute approximate surface area is 195 Å². The quantitative estimate of drug-likeness (QED) is 0.438. The van der Waals surface area contributed by atoms with Gasteiger partial charge < -0.3 is 14.8 Å². The minimum Gasteiger partial charge on any atom is -0.348 e. The van der Waals surface area contributed by atoms with Crippen molar-refractivity contribution in [1.82, 2.24) is 9.47 Å². The number of hydrogen-bond donors (Lipinski definition) is 1. The number of hydrogen-bond acceptors (Lipinski definition) is 3. The van der Waals surface area contributed by atoms with Crippen LogP contribution in [-0.2, 0) is 6.54 Å². The van der Waals surface area contributed by atoms with Gasteiger partial charge in [-0.2, -0.15) is 0 Å². The van der Waals surface area contributed by atoms with Crippen LogP contribution in [0, 0.1) is 12.7 Å². The van der Waals surface area contributed by atoms with Crippen molar-refractivity contribution in [3.05, 3.63) is 112 Å². The maximum Gasteiger partial charge on any atom is 0.265 e. The molecule has 2 amide bonds. The maximum atomic E-state index is 13.7. The first kappa shape index (κ1) is 21.2. The molecule has 0 saturated heterocycles. The van der Waals surface area contributed by atoms with Gasteiger partial charge in [-0.1, -0.05) is 36.4 Å². The zero-order chi connectivity index (χ0) is 22.9. The summed E-state index contributed by atoms with van der Waals surface area (Å²) in [5, 5.41) is 3.35. The number of nitrogens with one attached hydrogen (secondary N) is 1. The van der Waals surface area contributed by atoms with Gasteiger partial charge in [-0.25, -0.2) is 4.39 Å². The lowest BCUT2D eigenvalue weighted by atomic mass is 9.99. The van der Waals surface area contributed by atoms with Gasteiger partial charge in [-0.3, -0.25) is 9.59 Å². The highest BCUT2D eigenvalue weighted by Gasteiger charge is 2.34. The van der Waals surface area contributed by atoms with Crippen LogP contribution in [0.5, 0.6) is 0 Å². The molecule has 5 nitrogen and oxygen atoms in total. The molecule has 0 fully saturated rings. The fourth-order valence-electron chi connectivity index (χ4n) is 4.29. The number of rotatable bonds is 4. The van der Waals surface area contributed by atoms with Gasteiger partial charge in [0, 0.05) is 30.5 Å². The van der Waals surface area contributed by atoms with E-state index in [2.05, 4.69) is 16.0 Å². The first-order chi connectivity index (χ1) is 16.0. The van der Waals surface area contributed by atoms with E-state index in [9.17, 15) is 14.0 Å². The standard InChI is InChI=1S/C26H22FN3O2S/c1-17-15-22(28-25(31)19-9-5-10-20(27)16-19)33-24(17)26(32)30-14-13-29-12-6-11-21(29)23(30)18-7-3-2-4-8-18/h2-12,15-16,23H,13-14H2,1H3,(H,28,31). The summed E-state index contributed by atoms with van der Waals surface area (Å²) in [4.78, 5) is 28.7. The van der Waals surface area contributed by atoms with Crippen LogP contribution in [0.3, 0.4) is 0 Å². The average Bonchev–Trinajstić information content (AvgIpc) is 3.44. The summed E-state index contributed by atoms with van der Waals surface area (Å²) in [6, 6.07) is 21.2. The van der Waals surface area contributed by atoms with Crippen LogP contribution in [0.25, 0.3) is 0 Å². The summed E-state index contributed by atoms with van der Waals surface area (Å²) in [6.07, 6.45) is 2.05. The maximum absolute atomic E-state index is 13.7. The second-order valence-corrected chi connectivity index (χ2v) is 9.08. The Kier molecular flexibility index (Phi) is 5.56. The number of halogens is 1. The van der Waals surface area contributed by atoms with E-state index in [1.807, 2.05) is 54.4 Å². The van der Waals surface area contributed by atoms with Crippen molar-refractivity contribution < 1.29 is 14.0 Å². The molecular weight excluding hydrogens is 437 g/mol. The first-order valence-electron chi connectivity index (χ1n) is 10.7. The van der Waals surface area contributed by atoms with Crippen molar-refractivity contribution >= 4 is 28.2 Å². The molecular formula is C26H22FN3O2S.